The van der Waals surface area contributed by atoms with Crippen LogP contribution in [0.3, 0.4) is 0 Å². The molecule has 0 N–H and O–H groups in total. The summed E-state index contributed by atoms with van der Waals surface area (Å²) in [6.07, 6.45) is 3.81. The van der Waals surface area contributed by atoms with Gasteiger partial charge in [-0.15, -0.1) is 0 Å². The summed E-state index contributed by atoms with van der Waals surface area (Å²) in [7, 11) is 0. The molecule has 7 nitrogen and oxygen atoms in total. The lowest BCUT2D eigenvalue weighted by molar-refractivity contribution is -0.386. The van der Waals surface area contributed by atoms with Gasteiger partial charge in [0, 0.05) is 12.4 Å². The molecule has 0 aliphatic heterocycles. The van der Waals surface area contributed by atoms with Crippen molar-refractivity contribution >= 4 is 11.3 Å². The number of nitrogens with zero attached hydrogens (tertiary/aromatic N) is 5. The molecule has 0 aliphatic carbocycles. The van der Waals surface area contributed by atoms with E-state index in [-0.39, 0.29) is 5.69 Å². The Balaban J connectivity index is 1.99. The van der Waals surface area contributed by atoms with Gasteiger partial charge in [0.05, 0.1) is 17.2 Å². The van der Waals surface area contributed by atoms with Gasteiger partial charge in [-0.2, -0.15) is 5.10 Å². The molecule has 0 unspecified atom stereocenters. The fourth-order valence-electron chi connectivity index (χ4n) is 2.32. The van der Waals surface area contributed by atoms with Crippen LogP contribution in [0.4, 0.5) is 5.69 Å². The first-order chi connectivity index (χ1) is 9.56. The summed E-state index contributed by atoms with van der Waals surface area (Å²) in [6, 6.07) is 5.75. The third kappa shape index (κ3) is 1.93. The number of rotatable bonds is 3. The van der Waals surface area contributed by atoms with Crippen molar-refractivity contribution in [2.75, 3.05) is 0 Å². The zero-order valence-electron chi connectivity index (χ0n) is 11.1. The molecular weight excluding hydrogens is 258 g/mol. The largest absolute Gasteiger partial charge is 0.312 e. The molecule has 0 saturated heterocycles. The Kier molecular flexibility index (Phi) is 2.74. The molecule has 0 aliphatic rings. The summed E-state index contributed by atoms with van der Waals surface area (Å²) in [6.45, 7) is 3.77. The summed E-state index contributed by atoms with van der Waals surface area (Å²) in [5.41, 5.74) is 2.71. The van der Waals surface area contributed by atoms with Crippen LogP contribution in [0.15, 0.2) is 30.6 Å². The van der Waals surface area contributed by atoms with Crippen LogP contribution in [-0.4, -0.2) is 24.1 Å². The molecule has 0 radical (unpaired) electrons. The number of imidazole rings is 1. The summed E-state index contributed by atoms with van der Waals surface area (Å²) < 4.78 is 3.53. The molecular formula is C13H13N5O2. The van der Waals surface area contributed by atoms with Gasteiger partial charge < -0.3 is 4.40 Å². The summed E-state index contributed by atoms with van der Waals surface area (Å²) >= 11 is 0. The van der Waals surface area contributed by atoms with E-state index in [1.807, 2.05) is 35.0 Å². The van der Waals surface area contributed by atoms with E-state index in [4.69, 9.17) is 0 Å². The molecule has 0 atom stereocenters. The Morgan fingerprint density at radius 1 is 1.35 bits per heavy atom. The lowest BCUT2D eigenvalue weighted by Crippen LogP contribution is -2.04. The van der Waals surface area contributed by atoms with Crippen molar-refractivity contribution in [1.82, 2.24) is 19.2 Å². The normalized spacial score (nSPS) is 11.1. The van der Waals surface area contributed by atoms with Gasteiger partial charge in [-0.25, -0.2) is 4.98 Å². The minimum Gasteiger partial charge on any atom is -0.307 e. The summed E-state index contributed by atoms with van der Waals surface area (Å²) in [5.74, 6) is 0. The first kappa shape index (κ1) is 12.3. The predicted octanol–water partition coefficient (Wildman–Crippen LogP) is 2.10. The van der Waals surface area contributed by atoms with Gasteiger partial charge in [-0.1, -0.05) is 6.07 Å². The number of nitro groups is 1. The van der Waals surface area contributed by atoms with Crippen molar-refractivity contribution in [2.45, 2.75) is 20.4 Å². The molecule has 0 aromatic carbocycles. The fraction of sp³-hybridized carbons (Fsp3) is 0.231. The Morgan fingerprint density at radius 3 is 2.80 bits per heavy atom. The average molecular weight is 271 g/mol. The molecule has 7 heteroatoms. The molecule has 0 fully saturated rings. The monoisotopic (exact) mass is 271 g/mol. The molecule has 3 heterocycles. The van der Waals surface area contributed by atoms with Gasteiger partial charge in [0.2, 0.25) is 0 Å². The molecule has 3 rings (SSSR count). The van der Waals surface area contributed by atoms with E-state index in [0.29, 0.717) is 17.9 Å². The van der Waals surface area contributed by atoms with Crippen molar-refractivity contribution in [3.8, 4) is 0 Å². The smallest absolute Gasteiger partial charge is 0.307 e. The fourth-order valence-corrected chi connectivity index (χ4v) is 2.32. The van der Waals surface area contributed by atoms with Crippen molar-refractivity contribution in [3.63, 3.8) is 0 Å². The maximum Gasteiger partial charge on any atom is 0.312 e. The zero-order valence-corrected chi connectivity index (χ0v) is 11.1. The first-order valence-corrected chi connectivity index (χ1v) is 6.17. The van der Waals surface area contributed by atoms with E-state index < -0.39 is 4.92 Å². The van der Waals surface area contributed by atoms with Gasteiger partial charge in [0.1, 0.15) is 17.0 Å². The van der Waals surface area contributed by atoms with Crippen molar-refractivity contribution < 1.29 is 4.92 Å². The quantitative estimate of drug-likeness (QED) is 0.540. The van der Waals surface area contributed by atoms with Crippen LogP contribution in [0.2, 0.25) is 0 Å². The van der Waals surface area contributed by atoms with Gasteiger partial charge >= 0.3 is 5.69 Å². The Hall–Kier alpha value is -2.70. The standard InChI is InChI=1S/C13H13N5O2/c1-9-13(18(19)20)10(2)17(15-9)8-11-7-16-6-4-3-5-12(16)14-11/h3-7H,8H2,1-2H3. The Bertz CT molecular complexity index is 769. The number of hydrogen-bond acceptors (Lipinski definition) is 4. The van der Waals surface area contributed by atoms with Gasteiger partial charge in [0.25, 0.3) is 0 Å². The minimum absolute atomic E-state index is 0.0776. The topological polar surface area (TPSA) is 78.3 Å². The van der Waals surface area contributed by atoms with Crippen LogP contribution in [0.5, 0.6) is 0 Å². The van der Waals surface area contributed by atoms with Crippen LogP contribution in [0, 0.1) is 24.0 Å². The SMILES string of the molecule is Cc1nn(Cc2cn3ccccc3n2)c(C)c1[N+](=O)[O-]. The number of pyridine rings is 1. The number of aryl methyl sites for hydroxylation is 1. The summed E-state index contributed by atoms with van der Waals surface area (Å²) in [4.78, 5) is 15.1. The van der Waals surface area contributed by atoms with Crippen molar-refractivity contribution in [2.24, 2.45) is 0 Å². The molecule has 3 aromatic rings. The summed E-state index contributed by atoms with van der Waals surface area (Å²) in [5, 5.41) is 15.2. The molecule has 0 spiro atoms. The molecule has 3 aromatic heterocycles. The Morgan fingerprint density at radius 2 is 2.15 bits per heavy atom. The van der Waals surface area contributed by atoms with Crippen LogP contribution >= 0.6 is 0 Å². The molecule has 0 saturated carbocycles. The van der Waals surface area contributed by atoms with Gasteiger partial charge in [-0.05, 0) is 26.0 Å². The predicted molar refractivity (Wildman–Crippen MR) is 72.6 cm³/mol. The highest BCUT2D eigenvalue weighted by atomic mass is 16.6. The number of fused-ring (bicyclic) bond motifs is 1. The highest BCUT2D eigenvalue weighted by molar-refractivity contribution is 5.41. The maximum atomic E-state index is 11.0. The van der Waals surface area contributed by atoms with E-state index in [9.17, 15) is 10.1 Å². The van der Waals surface area contributed by atoms with Crippen LogP contribution in [0.25, 0.3) is 5.65 Å². The third-order valence-electron chi connectivity index (χ3n) is 3.25. The van der Waals surface area contributed by atoms with Gasteiger partial charge in [0.15, 0.2) is 0 Å². The van der Waals surface area contributed by atoms with E-state index in [1.165, 1.54) is 0 Å². The van der Waals surface area contributed by atoms with E-state index in [1.54, 1.807) is 18.5 Å². The van der Waals surface area contributed by atoms with Gasteiger partial charge in [-0.3, -0.25) is 14.8 Å². The van der Waals surface area contributed by atoms with E-state index in [2.05, 4.69) is 10.1 Å². The van der Waals surface area contributed by atoms with E-state index >= 15 is 0 Å². The van der Waals surface area contributed by atoms with Crippen LogP contribution in [0.1, 0.15) is 17.1 Å². The second-order valence-corrected chi connectivity index (χ2v) is 4.63. The zero-order chi connectivity index (χ0) is 14.3. The van der Waals surface area contributed by atoms with E-state index in [0.717, 1.165) is 11.3 Å². The molecule has 0 amide bonds. The lowest BCUT2D eigenvalue weighted by atomic mass is 10.3. The minimum atomic E-state index is -0.391. The Labute approximate surface area is 114 Å². The number of aromatic nitrogens is 4. The maximum absolute atomic E-state index is 11.0. The molecule has 20 heavy (non-hydrogen) atoms. The second-order valence-electron chi connectivity index (χ2n) is 4.63. The second kappa shape index (κ2) is 4.44. The van der Waals surface area contributed by atoms with Crippen molar-refractivity contribution in [3.05, 3.63) is 57.8 Å². The number of hydrogen-bond donors (Lipinski definition) is 0. The third-order valence-corrected chi connectivity index (χ3v) is 3.25. The van der Waals surface area contributed by atoms with Crippen molar-refractivity contribution in [1.29, 1.82) is 0 Å². The molecule has 0 bridgehead atoms. The first-order valence-electron chi connectivity index (χ1n) is 6.17. The lowest BCUT2D eigenvalue weighted by Gasteiger charge is -1.99. The highest BCUT2D eigenvalue weighted by Crippen LogP contribution is 2.22. The average Bonchev–Trinajstić information content (AvgIpc) is 2.90. The van der Waals surface area contributed by atoms with Crippen LogP contribution in [-0.2, 0) is 6.54 Å². The highest BCUT2D eigenvalue weighted by Gasteiger charge is 2.22. The molecule has 102 valence electrons. The van der Waals surface area contributed by atoms with Crippen LogP contribution < -0.4 is 0 Å².